The summed E-state index contributed by atoms with van der Waals surface area (Å²) in [6.45, 7) is 3.09. The van der Waals surface area contributed by atoms with Crippen LogP contribution in [0.2, 0.25) is 0 Å². The zero-order chi connectivity index (χ0) is 25.3. The van der Waals surface area contributed by atoms with E-state index in [0.29, 0.717) is 12.1 Å². The maximum Gasteiger partial charge on any atom is 0.248 e. The van der Waals surface area contributed by atoms with Crippen LogP contribution in [0.5, 0.6) is 0 Å². The number of rotatable bonds is 11. The Hall–Kier alpha value is -4.00. The van der Waals surface area contributed by atoms with Gasteiger partial charge in [0.15, 0.2) is 0 Å². The highest BCUT2D eigenvalue weighted by molar-refractivity contribution is 6.01. The SMILES string of the molecule is CC(C)(C(N)=O)C(NC(=O)CCCCc1ccc(-c2ccccc2)cc1)C(=O)Nc1ccncc1. The van der Waals surface area contributed by atoms with Crippen molar-refractivity contribution in [3.63, 3.8) is 0 Å². The van der Waals surface area contributed by atoms with E-state index in [2.05, 4.69) is 52.0 Å². The van der Waals surface area contributed by atoms with Crippen molar-refractivity contribution >= 4 is 23.4 Å². The molecule has 1 atom stereocenters. The Labute approximate surface area is 206 Å². The number of unbranched alkanes of at least 4 members (excludes halogenated alkanes) is 1. The Morgan fingerprint density at radius 1 is 0.886 bits per heavy atom. The smallest absolute Gasteiger partial charge is 0.248 e. The Morgan fingerprint density at radius 2 is 1.51 bits per heavy atom. The van der Waals surface area contributed by atoms with Crippen molar-refractivity contribution in [3.8, 4) is 11.1 Å². The first kappa shape index (κ1) is 25.6. The van der Waals surface area contributed by atoms with E-state index in [0.717, 1.165) is 12.8 Å². The van der Waals surface area contributed by atoms with Crippen LogP contribution in [0.15, 0.2) is 79.1 Å². The van der Waals surface area contributed by atoms with Crippen molar-refractivity contribution in [2.45, 2.75) is 45.6 Å². The summed E-state index contributed by atoms with van der Waals surface area (Å²) >= 11 is 0. The summed E-state index contributed by atoms with van der Waals surface area (Å²) in [5, 5.41) is 5.43. The molecular formula is C28H32N4O3. The van der Waals surface area contributed by atoms with E-state index in [-0.39, 0.29) is 12.3 Å². The van der Waals surface area contributed by atoms with Crippen LogP contribution in [0.3, 0.4) is 0 Å². The molecule has 7 heteroatoms. The number of hydrogen-bond acceptors (Lipinski definition) is 4. The molecule has 0 aliphatic carbocycles. The number of anilines is 1. The van der Waals surface area contributed by atoms with Crippen molar-refractivity contribution in [2.24, 2.45) is 11.1 Å². The molecule has 0 bridgehead atoms. The first-order valence-electron chi connectivity index (χ1n) is 11.7. The van der Waals surface area contributed by atoms with E-state index >= 15 is 0 Å². The number of aryl methyl sites for hydroxylation is 1. The lowest BCUT2D eigenvalue weighted by Crippen LogP contribution is -2.57. The first-order chi connectivity index (χ1) is 16.8. The highest BCUT2D eigenvalue weighted by Crippen LogP contribution is 2.23. The van der Waals surface area contributed by atoms with Gasteiger partial charge in [0.2, 0.25) is 17.7 Å². The summed E-state index contributed by atoms with van der Waals surface area (Å²) in [5.74, 6) is -1.48. The molecule has 0 saturated carbocycles. The average molecular weight is 473 g/mol. The van der Waals surface area contributed by atoms with Crippen LogP contribution in [0.4, 0.5) is 5.69 Å². The van der Waals surface area contributed by atoms with Gasteiger partial charge in [-0.15, -0.1) is 0 Å². The molecule has 0 saturated heterocycles. The second-order valence-corrected chi connectivity index (χ2v) is 9.08. The van der Waals surface area contributed by atoms with E-state index in [9.17, 15) is 14.4 Å². The van der Waals surface area contributed by atoms with Gasteiger partial charge in [-0.05, 0) is 61.9 Å². The number of nitrogens with one attached hydrogen (secondary N) is 2. The highest BCUT2D eigenvalue weighted by atomic mass is 16.2. The van der Waals surface area contributed by atoms with Crippen LogP contribution in [0.1, 0.15) is 38.7 Å². The maximum absolute atomic E-state index is 12.9. The summed E-state index contributed by atoms with van der Waals surface area (Å²) in [6, 6.07) is 20.8. The van der Waals surface area contributed by atoms with Gasteiger partial charge >= 0.3 is 0 Å². The van der Waals surface area contributed by atoms with E-state index in [1.807, 2.05) is 18.2 Å². The van der Waals surface area contributed by atoms with Gasteiger partial charge < -0.3 is 16.4 Å². The molecule has 1 heterocycles. The lowest BCUT2D eigenvalue weighted by atomic mass is 9.82. The molecule has 35 heavy (non-hydrogen) atoms. The number of aromatic nitrogens is 1. The standard InChI is InChI=1S/C28H32N4O3/c1-28(2,27(29)35)25(26(34)31-23-16-18-30-19-17-23)32-24(33)11-7-6-8-20-12-14-22(15-13-20)21-9-4-3-5-10-21/h3-5,9-10,12-19,25H,6-8,11H2,1-2H3,(H2,29,35)(H,32,33)(H,30,31,34). The van der Waals surface area contributed by atoms with Crippen molar-refractivity contribution in [1.82, 2.24) is 10.3 Å². The molecule has 0 aliphatic rings. The molecule has 0 spiro atoms. The largest absolute Gasteiger partial charge is 0.369 e. The first-order valence-corrected chi connectivity index (χ1v) is 11.7. The molecule has 2 aromatic carbocycles. The molecule has 0 fully saturated rings. The van der Waals surface area contributed by atoms with Gasteiger partial charge in [-0.25, -0.2) is 0 Å². The zero-order valence-corrected chi connectivity index (χ0v) is 20.2. The molecule has 7 nitrogen and oxygen atoms in total. The van der Waals surface area contributed by atoms with Crippen LogP contribution >= 0.6 is 0 Å². The fraction of sp³-hybridized carbons (Fsp3) is 0.286. The summed E-state index contributed by atoms with van der Waals surface area (Å²) < 4.78 is 0. The number of carbonyl (C=O) groups excluding carboxylic acids is 3. The number of primary amides is 1. The molecule has 3 rings (SSSR count). The third-order valence-corrected chi connectivity index (χ3v) is 6.05. The summed E-state index contributed by atoms with van der Waals surface area (Å²) in [6.07, 6.45) is 5.65. The van der Waals surface area contributed by atoms with Gasteiger partial charge in [0.25, 0.3) is 0 Å². The number of pyridine rings is 1. The molecule has 0 aliphatic heterocycles. The van der Waals surface area contributed by atoms with Crippen molar-refractivity contribution in [3.05, 3.63) is 84.7 Å². The molecule has 4 N–H and O–H groups in total. The Morgan fingerprint density at radius 3 is 2.14 bits per heavy atom. The van der Waals surface area contributed by atoms with Gasteiger partial charge in [0.05, 0.1) is 5.41 Å². The predicted octanol–water partition coefficient (Wildman–Crippen LogP) is 4.10. The van der Waals surface area contributed by atoms with Crippen molar-refractivity contribution in [2.75, 3.05) is 5.32 Å². The van der Waals surface area contributed by atoms with E-state index < -0.39 is 23.3 Å². The van der Waals surface area contributed by atoms with Gasteiger partial charge in [-0.2, -0.15) is 0 Å². The van der Waals surface area contributed by atoms with Gasteiger partial charge in [0, 0.05) is 24.5 Å². The minimum atomic E-state index is -1.27. The fourth-order valence-electron chi connectivity index (χ4n) is 3.71. The van der Waals surface area contributed by atoms with Crippen LogP contribution < -0.4 is 16.4 Å². The normalized spacial score (nSPS) is 11.9. The lowest BCUT2D eigenvalue weighted by Gasteiger charge is -2.31. The average Bonchev–Trinajstić information content (AvgIpc) is 2.86. The molecule has 1 unspecified atom stereocenters. The second-order valence-electron chi connectivity index (χ2n) is 9.08. The third-order valence-electron chi connectivity index (χ3n) is 6.05. The lowest BCUT2D eigenvalue weighted by molar-refractivity contribution is -0.136. The quantitative estimate of drug-likeness (QED) is 0.365. The third kappa shape index (κ3) is 7.24. The van der Waals surface area contributed by atoms with E-state index in [1.165, 1.54) is 29.1 Å². The van der Waals surface area contributed by atoms with Gasteiger partial charge in [0.1, 0.15) is 6.04 Å². The molecule has 1 aromatic heterocycles. The topological polar surface area (TPSA) is 114 Å². The second kappa shape index (κ2) is 11.9. The summed E-state index contributed by atoms with van der Waals surface area (Å²) in [7, 11) is 0. The Balaban J connectivity index is 1.51. The number of nitrogens with two attached hydrogens (primary N) is 1. The van der Waals surface area contributed by atoms with Gasteiger partial charge in [-0.1, -0.05) is 54.6 Å². The Kier molecular flexibility index (Phi) is 8.73. The minimum absolute atomic E-state index is 0.246. The number of nitrogens with zero attached hydrogens (tertiary/aromatic N) is 1. The predicted molar refractivity (Wildman–Crippen MR) is 137 cm³/mol. The minimum Gasteiger partial charge on any atom is -0.369 e. The highest BCUT2D eigenvalue weighted by Gasteiger charge is 2.41. The summed E-state index contributed by atoms with van der Waals surface area (Å²) in [5.41, 5.74) is 8.33. The monoisotopic (exact) mass is 472 g/mol. The molecule has 3 amide bonds. The van der Waals surface area contributed by atoms with Crippen LogP contribution in [0, 0.1) is 5.41 Å². The van der Waals surface area contributed by atoms with Gasteiger partial charge in [-0.3, -0.25) is 19.4 Å². The molecule has 0 radical (unpaired) electrons. The number of carbonyl (C=O) groups is 3. The number of amides is 3. The van der Waals surface area contributed by atoms with Crippen LogP contribution in [0.25, 0.3) is 11.1 Å². The zero-order valence-electron chi connectivity index (χ0n) is 20.2. The molecule has 3 aromatic rings. The molecule has 182 valence electrons. The van der Waals surface area contributed by atoms with Crippen molar-refractivity contribution < 1.29 is 14.4 Å². The van der Waals surface area contributed by atoms with Crippen molar-refractivity contribution in [1.29, 1.82) is 0 Å². The number of benzene rings is 2. The number of hydrogen-bond donors (Lipinski definition) is 3. The van der Waals surface area contributed by atoms with E-state index in [1.54, 1.807) is 26.0 Å². The molecular weight excluding hydrogens is 440 g/mol. The maximum atomic E-state index is 12.9. The Bertz CT molecular complexity index is 1130. The van der Waals surface area contributed by atoms with Crippen LogP contribution in [-0.4, -0.2) is 28.7 Å². The fourth-order valence-corrected chi connectivity index (χ4v) is 3.71. The van der Waals surface area contributed by atoms with E-state index in [4.69, 9.17) is 5.73 Å². The van der Waals surface area contributed by atoms with Crippen LogP contribution in [-0.2, 0) is 20.8 Å². The summed E-state index contributed by atoms with van der Waals surface area (Å²) in [4.78, 5) is 41.5.